The molecule has 1 saturated heterocycles. The predicted octanol–water partition coefficient (Wildman–Crippen LogP) is -1.28. The van der Waals surface area contributed by atoms with Crippen LogP contribution in [0.25, 0.3) is 0 Å². The largest absolute Gasteiger partial charge is 0.462 e. The fourth-order valence-corrected chi connectivity index (χ4v) is 1.91. The zero-order valence-corrected chi connectivity index (χ0v) is 10.2. The molecule has 2 atom stereocenters. The highest BCUT2D eigenvalue weighted by Crippen LogP contribution is 2.26. The Kier molecular flexibility index (Phi) is 4.13. The first-order valence-corrected chi connectivity index (χ1v) is 5.93. The minimum absolute atomic E-state index is 0.116. The van der Waals surface area contributed by atoms with E-state index in [4.69, 9.17) is 15.2 Å². The maximum Gasteiger partial charge on any atom is 0.330 e. The Bertz CT molecular complexity index is 564. The number of H-pyrrole nitrogens is 1. The fraction of sp³-hybridized carbons (Fsp3) is 0.545. The van der Waals surface area contributed by atoms with E-state index < -0.39 is 23.4 Å². The molecule has 2 rings (SSSR count). The van der Waals surface area contributed by atoms with E-state index >= 15 is 0 Å². The minimum Gasteiger partial charge on any atom is -0.462 e. The van der Waals surface area contributed by atoms with Gasteiger partial charge in [-0.05, 0) is 12.8 Å². The number of esters is 1. The molecule has 2 heterocycles. The summed E-state index contributed by atoms with van der Waals surface area (Å²) in [6.45, 7) is -0.0554. The third-order valence-electron chi connectivity index (χ3n) is 2.84. The molecule has 0 bridgehead atoms. The third-order valence-corrected chi connectivity index (χ3v) is 2.84. The van der Waals surface area contributed by atoms with E-state index in [9.17, 15) is 14.4 Å². The smallest absolute Gasteiger partial charge is 0.330 e. The molecule has 8 nitrogen and oxygen atoms in total. The van der Waals surface area contributed by atoms with Gasteiger partial charge in [-0.1, -0.05) is 0 Å². The molecule has 1 unspecified atom stereocenters. The van der Waals surface area contributed by atoms with Crippen LogP contribution in [0.2, 0.25) is 0 Å². The van der Waals surface area contributed by atoms with Gasteiger partial charge >= 0.3 is 11.7 Å². The molecule has 1 fully saturated rings. The Morgan fingerprint density at radius 2 is 2.32 bits per heavy atom. The summed E-state index contributed by atoms with van der Waals surface area (Å²) in [5, 5.41) is 0. The molecule has 0 radical (unpaired) electrons. The van der Waals surface area contributed by atoms with Gasteiger partial charge in [-0.25, -0.2) is 4.79 Å². The Balaban J connectivity index is 1.96. The number of hydrogen-bond acceptors (Lipinski definition) is 6. The zero-order valence-electron chi connectivity index (χ0n) is 10.2. The van der Waals surface area contributed by atoms with Gasteiger partial charge in [0.1, 0.15) is 12.8 Å². The van der Waals surface area contributed by atoms with Crippen LogP contribution < -0.4 is 17.0 Å². The van der Waals surface area contributed by atoms with Gasteiger partial charge < -0.3 is 15.2 Å². The average molecular weight is 269 g/mol. The molecule has 0 aromatic carbocycles. The summed E-state index contributed by atoms with van der Waals surface area (Å²) >= 11 is 0. The number of carbonyl (C=O) groups is 1. The van der Waals surface area contributed by atoms with Crippen LogP contribution in [-0.4, -0.2) is 34.8 Å². The van der Waals surface area contributed by atoms with Crippen molar-refractivity contribution in [1.29, 1.82) is 0 Å². The topological polar surface area (TPSA) is 116 Å². The summed E-state index contributed by atoms with van der Waals surface area (Å²) in [5.41, 5.74) is 4.15. The maximum absolute atomic E-state index is 11.6. The van der Waals surface area contributed by atoms with Gasteiger partial charge in [0.05, 0.1) is 12.6 Å². The molecule has 8 heteroatoms. The Hall–Kier alpha value is -1.93. The molecule has 0 amide bonds. The van der Waals surface area contributed by atoms with Crippen LogP contribution in [-0.2, 0) is 14.3 Å². The molecule has 0 saturated carbocycles. The number of rotatable bonds is 4. The monoisotopic (exact) mass is 269 g/mol. The summed E-state index contributed by atoms with van der Waals surface area (Å²) in [7, 11) is 0. The first-order chi connectivity index (χ1) is 9.10. The molecule has 104 valence electrons. The number of carbonyl (C=O) groups excluding carboxylic acids is 1. The van der Waals surface area contributed by atoms with Crippen molar-refractivity contribution in [3.63, 3.8) is 0 Å². The summed E-state index contributed by atoms with van der Waals surface area (Å²) in [6, 6.07) is 1.26. The van der Waals surface area contributed by atoms with Crippen LogP contribution in [0.4, 0.5) is 0 Å². The van der Waals surface area contributed by atoms with E-state index in [1.165, 1.54) is 16.8 Å². The highest BCUT2D eigenvalue weighted by Gasteiger charge is 2.28. The quantitative estimate of drug-likeness (QED) is 0.657. The second-order valence-corrected chi connectivity index (χ2v) is 4.19. The van der Waals surface area contributed by atoms with Gasteiger partial charge in [0, 0.05) is 12.3 Å². The molecule has 1 aliphatic rings. The molecule has 1 aromatic heterocycles. The lowest BCUT2D eigenvalue weighted by atomic mass is 10.2. The van der Waals surface area contributed by atoms with Crippen molar-refractivity contribution in [3.05, 3.63) is 33.1 Å². The van der Waals surface area contributed by atoms with Crippen LogP contribution in [0.5, 0.6) is 0 Å². The summed E-state index contributed by atoms with van der Waals surface area (Å²) in [4.78, 5) is 35.6. The van der Waals surface area contributed by atoms with Crippen LogP contribution in [0, 0.1) is 0 Å². The molecule has 0 spiro atoms. The van der Waals surface area contributed by atoms with E-state index in [1.807, 2.05) is 0 Å². The van der Waals surface area contributed by atoms with Crippen molar-refractivity contribution in [3.8, 4) is 0 Å². The Labute approximate surface area is 108 Å². The zero-order chi connectivity index (χ0) is 13.8. The van der Waals surface area contributed by atoms with Crippen LogP contribution in [0.3, 0.4) is 0 Å². The van der Waals surface area contributed by atoms with Crippen molar-refractivity contribution in [2.24, 2.45) is 5.73 Å². The van der Waals surface area contributed by atoms with Gasteiger partial charge in [0.25, 0.3) is 5.56 Å². The number of aromatic amines is 1. The van der Waals surface area contributed by atoms with Crippen molar-refractivity contribution < 1.29 is 14.3 Å². The summed E-state index contributed by atoms with van der Waals surface area (Å²) < 4.78 is 11.8. The number of nitrogens with zero attached hydrogens (tertiary/aromatic N) is 1. The van der Waals surface area contributed by atoms with E-state index in [2.05, 4.69) is 4.98 Å². The summed E-state index contributed by atoms with van der Waals surface area (Å²) in [5.74, 6) is -0.492. The number of ether oxygens (including phenoxy) is 2. The average Bonchev–Trinajstić information content (AvgIpc) is 2.84. The Morgan fingerprint density at radius 3 is 3.00 bits per heavy atom. The number of nitrogens with one attached hydrogen (secondary N) is 1. The van der Waals surface area contributed by atoms with Crippen LogP contribution >= 0.6 is 0 Å². The molecular weight excluding hydrogens is 254 g/mol. The van der Waals surface area contributed by atoms with Gasteiger partial charge in [-0.3, -0.25) is 19.1 Å². The summed E-state index contributed by atoms with van der Waals surface area (Å²) in [6.07, 6.45) is 1.94. The highest BCUT2D eigenvalue weighted by atomic mass is 16.6. The van der Waals surface area contributed by atoms with Crippen molar-refractivity contribution in [2.45, 2.75) is 25.2 Å². The lowest BCUT2D eigenvalue weighted by Gasteiger charge is -2.15. The third kappa shape index (κ3) is 3.30. The van der Waals surface area contributed by atoms with Crippen molar-refractivity contribution in [1.82, 2.24) is 9.55 Å². The van der Waals surface area contributed by atoms with Crippen LogP contribution in [0.15, 0.2) is 21.9 Å². The Morgan fingerprint density at radius 1 is 1.53 bits per heavy atom. The standard InChI is InChI=1S/C11H15N3O5/c12-5-10(16)18-6-7-1-2-9(19-7)14-4-3-8(15)13-11(14)17/h3-4,7,9H,1-2,5-6,12H2,(H,13,15,17)/t7?,9-/m1/s1. The number of aromatic nitrogens is 2. The number of nitrogens with two attached hydrogens (primary N) is 1. The minimum atomic E-state index is -0.517. The van der Waals surface area contributed by atoms with Gasteiger partial charge in [0.15, 0.2) is 0 Å². The van der Waals surface area contributed by atoms with Gasteiger partial charge in [0.2, 0.25) is 0 Å². The second-order valence-electron chi connectivity index (χ2n) is 4.19. The van der Waals surface area contributed by atoms with Crippen molar-refractivity contribution in [2.75, 3.05) is 13.2 Å². The molecule has 1 aliphatic heterocycles. The van der Waals surface area contributed by atoms with E-state index in [1.54, 1.807) is 0 Å². The first kappa shape index (κ1) is 13.5. The lowest BCUT2D eigenvalue weighted by molar-refractivity contribution is -0.146. The molecule has 1 aromatic rings. The normalized spacial score (nSPS) is 22.4. The lowest BCUT2D eigenvalue weighted by Crippen LogP contribution is -2.32. The van der Waals surface area contributed by atoms with Crippen molar-refractivity contribution >= 4 is 5.97 Å². The predicted molar refractivity (Wildman–Crippen MR) is 64.5 cm³/mol. The van der Waals surface area contributed by atoms with E-state index in [0.717, 1.165) is 0 Å². The fourth-order valence-electron chi connectivity index (χ4n) is 1.91. The van der Waals surface area contributed by atoms with Gasteiger partial charge in [-0.2, -0.15) is 0 Å². The van der Waals surface area contributed by atoms with E-state index in [-0.39, 0.29) is 19.3 Å². The molecule has 19 heavy (non-hydrogen) atoms. The number of hydrogen-bond donors (Lipinski definition) is 2. The maximum atomic E-state index is 11.6. The molecule has 0 aliphatic carbocycles. The second kappa shape index (κ2) is 5.81. The molecular formula is C11H15N3O5. The SMILES string of the molecule is NCC(=O)OCC1CC[C@H](n2ccc(=O)[nH]c2=O)O1. The van der Waals surface area contributed by atoms with Crippen LogP contribution in [0.1, 0.15) is 19.1 Å². The van der Waals surface area contributed by atoms with Gasteiger partial charge in [-0.15, -0.1) is 0 Å². The highest BCUT2D eigenvalue weighted by molar-refractivity contribution is 5.71. The molecule has 3 N–H and O–H groups in total. The first-order valence-electron chi connectivity index (χ1n) is 5.93. The van der Waals surface area contributed by atoms with E-state index in [0.29, 0.717) is 12.8 Å².